The van der Waals surface area contributed by atoms with Gasteiger partial charge in [-0.05, 0) is 48.4 Å². The topological polar surface area (TPSA) is 113 Å². The van der Waals surface area contributed by atoms with Crippen molar-refractivity contribution in [2.75, 3.05) is 18.5 Å². The lowest BCUT2D eigenvalue weighted by Crippen LogP contribution is -2.20. The van der Waals surface area contributed by atoms with Gasteiger partial charge in [0.25, 0.3) is 5.91 Å². The molecule has 0 radical (unpaired) electrons. The Kier molecular flexibility index (Phi) is 5.78. The summed E-state index contributed by atoms with van der Waals surface area (Å²) in [6.07, 6.45) is 0. The van der Waals surface area contributed by atoms with E-state index in [1.807, 2.05) is 13.8 Å². The van der Waals surface area contributed by atoms with Crippen molar-refractivity contribution in [2.24, 2.45) is 5.92 Å². The van der Waals surface area contributed by atoms with Crippen LogP contribution in [-0.4, -0.2) is 35.1 Å². The number of carbonyl (C=O) groups excluding carboxylic acids is 2. The Labute approximate surface area is 160 Å². The smallest absolute Gasteiger partial charge is 0.338 e. The van der Waals surface area contributed by atoms with Crippen molar-refractivity contribution in [3.05, 3.63) is 58.5 Å². The Morgan fingerprint density at radius 2 is 1.75 bits per heavy atom. The first kappa shape index (κ1) is 19.2. The predicted octanol–water partition coefficient (Wildman–Crippen LogP) is 2.69. The molecule has 0 spiro atoms. The number of anilines is 1. The number of ether oxygens (including phenoxy) is 2. The minimum Gasteiger partial charge on any atom is -0.493 e. The maximum Gasteiger partial charge on any atom is 0.338 e. The quantitative estimate of drug-likeness (QED) is 0.543. The van der Waals surface area contributed by atoms with Gasteiger partial charge in [0, 0.05) is 5.69 Å². The molecule has 146 valence electrons. The number of imidazole rings is 1. The second-order valence-corrected chi connectivity index (χ2v) is 6.69. The number of hydrogen-bond acceptors (Lipinski definition) is 5. The zero-order chi connectivity index (χ0) is 20.1. The summed E-state index contributed by atoms with van der Waals surface area (Å²) in [6.45, 7) is 4.26. The highest BCUT2D eigenvalue weighted by Gasteiger charge is 2.11. The molecule has 1 amide bonds. The number of benzene rings is 2. The minimum absolute atomic E-state index is 0.326. The number of amides is 1. The number of rotatable bonds is 7. The van der Waals surface area contributed by atoms with E-state index in [0.29, 0.717) is 40.6 Å². The number of carbonyl (C=O) groups is 2. The second kappa shape index (κ2) is 8.43. The van der Waals surface area contributed by atoms with Crippen molar-refractivity contribution >= 4 is 28.6 Å². The molecule has 1 heterocycles. The van der Waals surface area contributed by atoms with E-state index in [-0.39, 0.29) is 5.69 Å². The molecule has 0 unspecified atom stereocenters. The van der Waals surface area contributed by atoms with E-state index >= 15 is 0 Å². The van der Waals surface area contributed by atoms with Crippen LogP contribution in [0.3, 0.4) is 0 Å². The second-order valence-electron chi connectivity index (χ2n) is 6.69. The van der Waals surface area contributed by atoms with Gasteiger partial charge in [-0.1, -0.05) is 13.8 Å². The molecule has 0 atom stereocenters. The standard InChI is InChI=1S/C20H21N3O5/c1-12(2)10-27-15-6-3-13(4-7-15)19(25)28-11-18(24)21-14-5-8-16-17(9-14)23-20(26)22-16/h3-9,12H,10-11H2,1-2H3,(H,21,24)(H2,22,23,26). The summed E-state index contributed by atoms with van der Waals surface area (Å²) < 4.78 is 10.6. The van der Waals surface area contributed by atoms with Crippen molar-refractivity contribution in [2.45, 2.75) is 13.8 Å². The molecular weight excluding hydrogens is 362 g/mol. The lowest BCUT2D eigenvalue weighted by atomic mass is 10.2. The molecule has 28 heavy (non-hydrogen) atoms. The summed E-state index contributed by atoms with van der Waals surface area (Å²) in [6, 6.07) is 11.5. The molecular formula is C20H21N3O5. The molecule has 0 aliphatic carbocycles. The van der Waals surface area contributed by atoms with Crippen LogP contribution in [0.4, 0.5) is 5.69 Å². The number of esters is 1. The van der Waals surface area contributed by atoms with Gasteiger partial charge in [-0.15, -0.1) is 0 Å². The van der Waals surface area contributed by atoms with Crippen molar-refractivity contribution in [1.29, 1.82) is 0 Å². The van der Waals surface area contributed by atoms with Gasteiger partial charge < -0.3 is 24.8 Å². The summed E-state index contributed by atoms with van der Waals surface area (Å²) >= 11 is 0. The first-order valence-electron chi connectivity index (χ1n) is 8.82. The highest BCUT2D eigenvalue weighted by Crippen LogP contribution is 2.15. The van der Waals surface area contributed by atoms with E-state index in [2.05, 4.69) is 15.3 Å². The van der Waals surface area contributed by atoms with Crippen molar-refractivity contribution in [3.8, 4) is 5.75 Å². The first-order valence-corrected chi connectivity index (χ1v) is 8.82. The average molecular weight is 383 g/mol. The number of hydrogen-bond donors (Lipinski definition) is 3. The van der Waals surface area contributed by atoms with E-state index in [0.717, 1.165) is 0 Å². The van der Waals surface area contributed by atoms with Crippen LogP contribution in [0.2, 0.25) is 0 Å². The molecule has 0 aliphatic rings. The van der Waals surface area contributed by atoms with Crippen LogP contribution >= 0.6 is 0 Å². The molecule has 3 rings (SSSR count). The van der Waals surface area contributed by atoms with Crippen LogP contribution in [0.15, 0.2) is 47.3 Å². The fraction of sp³-hybridized carbons (Fsp3) is 0.250. The van der Waals surface area contributed by atoms with E-state index < -0.39 is 18.5 Å². The zero-order valence-corrected chi connectivity index (χ0v) is 15.6. The number of nitrogens with one attached hydrogen (secondary N) is 3. The minimum atomic E-state index is -0.601. The van der Waals surface area contributed by atoms with E-state index in [4.69, 9.17) is 9.47 Å². The molecule has 1 aromatic heterocycles. The third kappa shape index (κ3) is 5.00. The van der Waals surface area contributed by atoms with Gasteiger partial charge in [-0.3, -0.25) is 4.79 Å². The van der Waals surface area contributed by atoms with Gasteiger partial charge in [-0.25, -0.2) is 9.59 Å². The predicted molar refractivity (Wildman–Crippen MR) is 105 cm³/mol. The maximum atomic E-state index is 12.1. The summed E-state index contributed by atoms with van der Waals surface area (Å²) in [7, 11) is 0. The molecule has 3 N–H and O–H groups in total. The van der Waals surface area contributed by atoms with Crippen LogP contribution in [0.1, 0.15) is 24.2 Å². The molecule has 0 saturated carbocycles. The first-order chi connectivity index (χ1) is 13.4. The van der Waals surface area contributed by atoms with E-state index in [9.17, 15) is 14.4 Å². The van der Waals surface area contributed by atoms with Gasteiger partial charge in [0.2, 0.25) is 0 Å². The lowest BCUT2D eigenvalue weighted by Gasteiger charge is -2.09. The van der Waals surface area contributed by atoms with Gasteiger partial charge in [0.15, 0.2) is 6.61 Å². The van der Waals surface area contributed by atoms with Crippen LogP contribution in [0.25, 0.3) is 11.0 Å². The summed E-state index contributed by atoms with van der Waals surface area (Å²) in [5.41, 5.74) is 1.69. The average Bonchev–Trinajstić information content (AvgIpc) is 3.04. The molecule has 0 saturated heterocycles. The Morgan fingerprint density at radius 3 is 2.46 bits per heavy atom. The highest BCUT2D eigenvalue weighted by atomic mass is 16.5. The molecule has 2 aromatic carbocycles. The summed E-state index contributed by atoms with van der Waals surface area (Å²) in [4.78, 5) is 40.5. The maximum absolute atomic E-state index is 12.1. The third-order valence-corrected chi connectivity index (χ3v) is 3.81. The Bertz CT molecular complexity index is 1030. The Balaban J connectivity index is 1.51. The molecule has 0 fully saturated rings. The van der Waals surface area contributed by atoms with Crippen molar-refractivity contribution in [3.63, 3.8) is 0 Å². The summed E-state index contributed by atoms with van der Waals surface area (Å²) in [5, 5.41) is 2.61. The highest BCUT2D eigenvalue weighted by molar-refractivity contribution is 5.96. The van der Waals surface area contributed by atoms with Crippen LogP contribution in [-0.2, 0) is 9.53 Å². The van der Waals surface area contributed by atoms with Crippen molar-refractivity contribution < 1.29 is 19.1 Å². The zero-order valence-electron chi connectivity index (χ0n) is 15.6. The van der Waals surface area contributed by atoms with Crippen molar-refractivity contribution in [1.82, 2.24) is 9.97 Å². The molecule has 8 heteroatoms. The fourth-order valence-electron chi connectivity index (χ4n) is 2.47. The Hall–Kier alpha value is -3.55. The van der Waals surface area contributed by atoms with Crippen LogP contribution < -0.4 is 15.7 Å². The summed E-state index contributed by atoms with van der Waals surface area (Å²) in [5.74, 6) is -0.0130. The molecule has 0 aliphatic heterocycles. The van der Waals surface area contributed by atoms with Crippen LogP contribution in [0, 0.1) is 5.92 Å². The van der Waals surface area contributed by atoms with Gasteiger partial charge in [0.05, 0.1) is 23.2 Å². The van der Waals surface area contributed by atoms with E-state index in [1.165, 1.54) is 0 Å². The van der Waals surface area contributed by atoms with Gasteiger partial charge in [-0.2, -0.15) is 0 Å². The number of fused-ring (bicyclic) bond motifs is 1. The monoisotopic (exact) mass is 383 g/mol. The van der Waals surface area contributed by atoms with Gasteiger partial charge >= 0.3 is 11.7 Å². The normalized spacial score (nSPS) is 10.8. The van der Waals surface area contributed by atoms with Crippen LogP contribution in [0.5, 0.6) is 5.75 Å². The van der Waals surface area contributed by atoms with E-state index in [1.54, 1.807) is 42.5 Å². The largest absolute Gasteiger partial charge is 0.493 e. The number of aromatic amines is 2. The fourth-order valence-corrected chi connectivity index (χ4v) is 2.47. The molecule has 3 aromatic rings. The Morgan fingerprint density at radius 1 is 1.04 bits per heavy atom. The molecule has 8 nitrogen and oxygen atoms in total. The SMILES string of the molecule is CC(C)COc1ccc(C(=O)OCC(=O)Nc2ccc3[nH]c(=O)[nH]c3c2)cc1. The third-order valence-electron chi connectivity index (χ3n) is 3.81. The number of H-pyrrole nitrogens is 2. The number of aromatic nitrogens is 2. The molecule has 0 bridgehead atoms. The van der Waals surface area contributed by atoms with Gasteiger partial charge in [0.1, 0.15) is 5.75 Å². The lowest BCUT2D eigenvalue weighted by molar-refractivity contribution is -0.119.